The van der Waals surface area contributed by atoms with E-state index >= 15 is 0 Å². The zero-order chi connectivity index (χ0) is 23.8. The summed E-state index contributed by atoms with van der Waals surface area (Å²) >= 11 is 0. The van der Waals surface area contributed by atoms with Crippen LogP contribution in [0.3, 0.4) is 0 Å². The molecule has 3 rings (SSSR count). The Kier molecular flexibility index (Phi) is 8.13. The van der Waals surface area contributed by atoms with Gasteiger partial charge < -0.3 is 15.4 Å². The third-order valence-electron chi connectivity index (χ3n) is 5.20. The number of halogens is 2. The van der Waals surface area contributed by atoms with Crippen molar-refractivity contribution in [2.75, 3.05) is 7.11 Å². The molecule has 0 aliphatic carbocycles. The smallest absolute Gasteiger partial charge is 0.222 e. The molecule has 0 aromatic heterocycles. The van der Waals surface area contributed by atoms with Crippen molar-refractivity contribution in [3.8, 4) is 5.75 Å². The number of rotatable bonds is 9. The van der Waals surface area contributed by atoms with Crippen molar-refractivity contribution >= 4 is 11.8 Å². The molecule has 0 aliphatic heterocycles. The quantitative estimate of drug-likeness (QED) is 0.497. The molecule has 0 aliphatic rings. The lowest BCUT2D eigenvalue weighted by molar-refractivity contribution is -0.123. The average molecular weight is 453 g/mol. The third kappa shape index (κ3) is 7.14. The second kappa shape index (κ2) is 11.2. The molecule has 3 aromatic rings. The second-order valence-electron chi connectivity index (χ2n) is 7.74. The van der Waals surface area contributed by atoms with E-state index in [1.54, 1.807) is 55.6 Å². The minimum atomic E-state index is -0.580. The van der Waals surface area contributed by atoms with Gasteiger partial charge in [-0.2, -0.15) is 0 Å². The van der Waals surface area contributed by atoms with Gasteiger partial charge in [0, 0.05) is 6.92 Å². The van der Waals surface area contributed by atoms with E-state index in [1.807, 2.05) is 0 Å². The monoisotopic (exact) mass is 452 g/mol. The lowest BCUT2D eigenvalue weighted by Gasteiger charge is -2.23. The highest BCUT2D eigenvalue weighted by Gasteiger charge is 2.21. The number of carbonyl (C=O) groups excluding carboxylic acids is 2. The predicted molar refractivity (Wildman–Crippen MR) is 122 cm³/mol. The van der Waals surface area contributed by atoms with Gasteiger partial charge in [0.1, 0.15) is 17.4 Å². The number of amides is 2. The molecule has 0 saturated carbocycles. The summed E-state index contributed by atoms with van der Waals surface area (Å²) in [6.45, 7) is 1.38. The summed E-state index contributed by atoms with van der Waals surface area (Å²) in [5, 5.41) is 5.71. The Morgan fingerprint density at radius 2 is 1.52 bits per heavy atom. The van der Waals surface area contributed by atoms with Crippen LogP contribution >= 0.6 is 0 Å². The van der Waals surface area contributed by atoms with Crippen molar-refractivity contribution in [1.29, 1.82) is 0 Å². The van der Waals surface area contributed by atoms with Gasteiger partial charge in [0.15, 0.2) is 0 Å². The zero-order valence-corrected chi connectivity index (χ0v) is 18.5. The highest BCUT2D eigenvalue weighted by molar-refractivity contribution is 5.79. The standard InChI is InChI=1S/C26H26F2N2O3/c1-17(31)29-25(19-9-11-23(33-2)12-10-19)16-26(32)30-24(20-6-4-8-22(28)15-20)14-18-5-3-7-21(27)13-18/h3-13,15,24-25H,14,16H2,1-2H3,(H,29,31)(H,30,32). The van der Waals surface area contributed by atoms with Gasteiger partial charge >= 0.3 is 0 Å². The molecule has 0 bridgehead atoms. The van der Waals surface area contributed by atoms with Gasteiger partial charge in [-0.15, -0.1) is 0 Å². The number of methoxy groups -OCH3 is 1. The molecule has 2 atom stereocenters. The number of hydrogen-bond donors (Lipinski definition) is 2. The largest absolute Gasteiger partial charge is 0.497 e. The van der Waals surface area contributed by atoms with E-state index in [9.17, 15) is 18.4 Å². The number of ether oxygens (including phenoxy) is 1. The van der Waals surface area contributed by atoms with E-state index in [1.165, 1.54) is 31.2 Å². The van der Waals surface area contributed by atoms with Gasteiger partial charge in [0.05, 0.1) is 25.6 Å². The zero-order valence-electron chi connectivity index (χ0n) is 18.5. The normalized spacial score (nSPS) is 12.5. The summed E-state index contributed by atoms with van der Waals surface area (Å²) < 4.78 is 32.7. The van der Waals surface area contributed by atoms with E-state index < -0.39 is 17.9 Å². The summed E-state index contributed by atoms with van der Waals surface area (Å²) in [5.41, 5.74) is 1.97. The summed E-state index contributed by atoms with van der Waals surface area (Å²) in [4.78, 5) is 24.7. The topological polar surface area (TPSA) is 67.4 Å². The molecule has 2 amide bonds. The maximum absolute atomic E-state index is 13.9. The molecule has 0 radical (unpaired) electrons. The Hall–Kier alpha value is -3.74. The lowest BCUT2D eigenvalue weighted by atomic mass is 9.97. The van der Waals surface area contributed by atoms with Crippen LogP contribution in [0.4, 0.5) is 8.78 Å². The third-order valence-corrected chi connectivity index (χ3v) is 5.20. The van der Waals surface area contributed by atoms with Crippen LogP contribution in [0, 0.1) is 11.6 Å². The van der Waals surface area contributed by atoms with E-state index in [2.05, 4.69) is 10.6 Å². The van der Waals surface area contributed by atoms with E-state index in [4.69, 9.17) is 4.74 Å². The summed E-state index contributed by atoms with van der Waals surface area (Å²) in [6.07, 6.45) is 0.251. The van der Waals surface area contributed by atoms with Crippen LogP contribution in [0.5, 0.6) is 5.75 Å². The molecule has 2 unspecified atom stereocenters. The summed E-state index contributed by atoms with van der Waals surface area (Å²) in [5.74, 6) is -0.770. The van der Waals surface area contributed by atoms with Crippen LogP contribution in [-0.2, 0) is 16.0 Å². The first-order valence-electron chi connectivity index (χ1n) is 10.5. The fourth-order valence-electron chi connectivity index (χ4n) is 3.65. The van der Waals surface area contributed by atoms with Gasteiger partial charge in [-0.3, -0.25) is 9.59 Å². The van der Waals surface area contributed by atoms with Gasteiger partial charge in [-0.05, 0) is 59.5 Å². The van der Waals surface area contributed by atoms with Crippen LogP contribution in [0.1, 0.15) is 42.1 Å². The highest BCUT2D eigenvalue weighted by atomic mass is 19.1. The molecule has 7 heteroatoms. The van der Waals surface area contributed by atoms with Gasteiger partial charge in [0.2, 0.25) is 11.8 Å². The Bertz CT molecular complexity index is 1100. The minimum absolute atomic E-state index is 0.0269. The van der Waals surface area contributed by atoms with E-state index in [0.717, 1.165) is 5.56 Å². The average Bonchev–Trinajstić information content (AvgIpc) is 2.78. The van der Waals surface area contributed by atoms with Crippen molar-refractivity contribution in [3.63, 3.8) is 0 Å². The Labute approximate surface area is 191 Å². The van der Waals surface area contributed by atoms with Crippen molar-refractivity contribution in [2.45, 2.75) is 31.8 Å². The molecule has 172 valence electrons. The Morgan fingerprint density at radius 1 is 0.848 bits per heavy atom. The highest BCUT2D eigenvalue weighted by Crippen LogP contribution is 2.23. The number of nitrogens with one attached hydrogen (secondary N) is 2. The van der Waals surface area contributed by atoms with Crippen LogP contribution < -0.4 is 15.4 Å². The fraction of sp³-hybridized carbons (Fsp3) is 0.231. The van der Waals surface area contributed by atoms with Crippen molar-refractivity contribution in [3.05, 3.63) is 101 Å². The first-order valence-corrected chi connectivity index (χ1v) is 10.5. The maximum Gasteiger partial charge on any atom is 0.222 e. The Morgan fingerprint density at radius 3 is 2.12 bits per heavy atom. The van der Waals surface area contributed by atoms with Crippen LogP contribution in [0.2, 0.25) is 0 Å². The van der Waals surface area contributed by atoms with E-state index in [-0.39, 0.29) is 30.5 Å². The van der Waals surface area contributed by atoms with Gasteiger partial charge in [0.25, 0.3) is 0 Å². The van der Waals surface area contributed by atoms with E-state index in [0.29, 0.717) is 16.9 Å². The minimum Gasteiger partial charge on any atom is -0.497 e. The molecule has 0 spiro atoms. The molecule has 0 fully saturated rings. The molecular formula is C26H26F2N2O3. The maximum atomic E-state index is 13.9. The number of benzene rings is 3. The molecule has 33 heavy (non-hydrogen) atoms. The molecule has 0 heterocycles. The number of hydrogen-bond acceptors (Lipinski definition) is 3. The number of carbonyl (C=O) groups is 2. The molecule has 2 N–H and O–H groups in total. The molecule has 3 aromatic carbocycles. The van der Waals surface area contributed by atoms with Crippen LogP contribution in [-0.4, -0.2) is 18.9 Å². The van der Waals surface area contributed by atoms with Gasteiger partial charge in [-0.1, -0.05) is 36.4 Å². The van der Waals surface area contributed by atoms with Crippen molar-refractivity contribution in [1.82, 2.24) is 10.6 Å². The first-order chi connectivity index (χ1) is 15.8. The van der Waals surface area contributed by atoms with Crippen molar-refractivity contribution in [2.24, 2.45) is 0 Å². The van der Waals surface area contributed by atoms with Crippen LogP contribution in [0.15, 0.2) is 72.8 Å². The first kappa shape index (κ1) is 23.9. The Balaban J connectivity index is 1.80. The van der Waals surface area contributed by atoms with Crippen molar-refractivity contribution < 1.29 is 23.1 Å². The second-order valence-corrected chi connectivity index (χ2v) is 7.74. The summed E-state index contributed by atoms with van der Waals surface area (Å²) in [6, 6.07) is 17.9. The van der Waals surface area contributed by atoms with Crippen LogP contribution in [0.25, 0.3) is 0 Å². The lowest BCUT2D eigenvalue weighted by Crippen LogP contribution is -2.35. The molecule has 5 nitrogen and oxygen atoms in total. The fourth-order valence-corrected chi connectivity index (χ4v) is 3.65. The molecular weight excluding hydrogens is 426 g/mol. The summed E-state index contributed by atoms with van der Waals surface area (Å²) in [7, 11) is 1.55. The predicted octanol–water partition coefficient (Wildman–Crippen LogP) is 4.64. The van der Waals surface area contributed by atoms with Gasteiger partial charge in [-0.25, -0.2) is 8.78 Å². The SMILES string of the molecule is COc1ccc(C(CC(=O)NC(Cc2cccc(F)c2)c2cccc(F)c2)NC(C)=O)cc1. The molecule has 0 saturated heterocycles.